The lowest BCUT2D eigenvalue weighted by molar-refractivity contribution is 0.200. The number of hydrogen-bond donors (Lipinski definition) is 2. The van der Waals surface area contributed by atoms with Crippen LogP contribution in [-0.2, 0) is 6.54 Å². The van der Waals surface area contributed by atoms with Gasteiger partial charge in [0.2, 0.25) is 0 Å². The van der Waals surface area contributed by atoms with Gasteiger partial charge in [0.15, 0.2) is 0 Å². The third kappa shape index (κ3) is 2.37. The summed E-state index contributed by atoms with van der Waals surface area (Å²) >= 11 is 0. The van der Waals surface area contributed by atoms with Gasteiger partial charge >= 0.3 is 0 Å². The number of nitrogens with zero attached hydrogens (tertiary/aromatic N) is 1. The number of hydrogen-bond acceptors (Lipinski definition) is 3. The monoisotopic (exact) mass is 233 g/mol. The van der Waals surface area contributed by atoms with Crippen molar-refractivity contribution in [3.8, 4) is 0 Å². The molecule has 2 atom stereocenters. The molecule has 2 unspecified atom stereocenters. The van der Waals surface area contributed by atoms with Crippen molar-refractivity contribution in [3.05, 3.63) is 35.9 Å². The normalized spacial score (nSPS) is 29.7. The van der Waals surface area contributed by atoms with E-state index in [0.717, 1.165) is 19.5 Å². The average molecular weight is 233 g/mol. The van der Waals surface area contributed by atoms with Crippen LogP contribution in [0.1, 0.15) is 18.9 Å². The largest absolute Gasteiger partial charge is 0.329 e. The van der Waals surface area contributed by atoms with Gasteiger partial charge in [-0.15, -0.1) is 0 Å². The zero-order chi connectivity index (χ0) is 12.3. The van der Waals surface area contributed by atoms with Gasteiger partial charge in [-0.1, -0.05) is 30.3 Å². The second-order valence-electron chi connectivity index (χ2n) is 4.99. The Kier molecular flexibility index (Phi) is 3.82. The Morgan fingerprint density at radius 3 is 2.65 bits per heavy atom. The van der Waals surface area contributed by atoms with Crippen molar-refractivity contribution in [2.24, 2.45) is 5.73 Å². The molecule has 3 nitrogen and oxygen atoms in total. The highest BCUT2D eigenvalue weighted by Crippen LogP contribution is 2.28. The summed E-state index contributed by atoms with van der Waals surface area (Å²) in [4.78, 5) is 2.51. The molecule has 0 aromatic heterocycles. The van der Waals surface area contributed by atoms with Crippen LogP contribution in [0.15, 0.2) is 30.3 Å². The summed E-state index contributed by atoms with van der Waals surface area (Å²) < 4.78 is 0. The van der Waals surface area contributed by atoms with E-state index in [0.29, 0.717) is 12.6 Å². The molecule has 3 N–H and O–H groups in total. The topological polar surface area (TPSA) is 41.3 Å². The zero-order valence-electron chi connectivity index (χ0n) is 10.8. The first kappa shape index (κ1) is 12.6. The molecule has 0 spiro atoms. The highest BCUT2D eigenvalue weighted by Gasteiger charge is 2.42. The first-order valence-corrected chi connectivity index (χ1v) is 6.39. The van der Waals surface area contributed by atoms with Gasteiger partial charge in [-0.2, -0.15) is 0 Å². The Labute approximate surface area is 104 Å². The lowest BCUT2D eigenvalue weighted by Gasteiger charge is -2.35. The average Bonchev–Trinajstić information content (AvgIpc) is 2.69. The maximum Gasteiger partial charge on any atom is 0.0468 e. The van der Waals surface area contributed by atoms with Gasteiger partial charge in [0.1, 0.15) is 0 Å². The molecule has 0 bridgehead atoms. The summed E-state index contributed by atoms with van der Waals surface area (Å²) in [6.45, 7) is 5.12. The van der Waals surface area contributed by atoms with Crippen molar-refractivity contribution >= 4 is 0 Å². The number of benzene rings is 1. The van der Waals surface area contributed by atoms with Crippen molar-refractivity contribution in [2.75, 3.05) is 20.1 Å². The molecular weight excluding hydrogens is 210 g/mol. The molecule has 94 valence electrons. The molecule has 1 heterocycles. The van der Waals surface area contributed by atoms with Gasteiger partial charge in [0.25, 0.3) is 0 Å². The molecular formula is C14H23N3. The molecule has 1 aromatic rings. The standard InChI is InChI=1S/C14H23N3/c1-12-14(11-15,16-2)8-9-17(12)10-13-6-4-3-5-7-13/h3-7,12,16H,8-11,15H2,1-2H3. The maximum absolute atomic E-state index is 5.94. The van der Waals surface area contributed by atoms with Crippen molar-refractivity contribution in [3.63, 3.8) is 0 Å². The van der Waals surface area contributed by atoms with Crippen LogP contribution in [0.5, 0.6) is 0 Å². The Bertz CT molecular complexity index is 346. The smallest absolute Gasteiger partial charge is 0.0468 e. The molecule has 17 heavy (non-hydrogen) atoms. The minimum absolute atomic E-state index is 0.0920. The van der Waals surface area contributed by atoms with Crippen LogP contribution in [0.25, 0.3) is 0 Å². The van der Waals surface area contributed by atoms with Crippen LogP contribution < -0.4 is 11.1 Å². The van der Waals surface area contributed by atoms with E-state index in [-0.39, 0.29) is 5.54 Å². The molecule has 1 aromatic carbocycles. The number of nitrogens with two attached hydrogens (primary N) is 1. The van der Waals surface area contributed by atoms with E-state index in [9.17, 15) is 0 Å². The Morgan fingerprint density at radius 1 is 1.41 bits per heavy atom. The number of likely N-dealkylation sites (N-methyl/N-ethyl adjacent to an activating group) is 1. The van der Waals surface area contributed by atoms with Gasteiger partial charge in [-0.3, -0.25) is 4.90 Å². The van der Waals surface area contributed by atoms with Crippen molar-refractivity contribution in [1.82, 2.24) is 10.2 Å². The summed E-state index contributed by atoms with van der Waals surface area (Å²) in [5, 5.41) is 3.43. The lowest BCUT2D eigenvalue weighted by atomic mass is 9.91. The summed E-state index contributed by atoms with van der Waals surface area (Å²) in [7, 11) is 2.02. The Balaban J connectivity index is 2.05. The number of nitrogens with one attached hydrogen (secondary N) is 1. The van der Waals surface area contributed by atoms with Crippen LogP contribution in [0.3, 0.4) is 0 Å². The minimum Gasteiger partial charge on any atom is -0.329 e. The van der Waals surface area contributed by atoms with E-state index in [1.54, 1.807) is 0 Å². The quantitative estimate of drug-likeness (QED) is 0.821. The third-order valence-corrected chi connectivity index (χ3v) is 4.28. The van der Waals surface area contributed by atoms with Gasteiger partial charge < -0.3 is 11.1 Å². The number of rotatable bonds is 4. The third-order valence-electron chi connectivity index (χ3n) is 4.28. The van der Waals surface area contributed by atoms with Gasteiger partial charge in [-0.25, -0.2) is 0 Å². The maximum atomic E-state index is 5.94. The fourth-order valence-electron chi connectivity index (χ4n) is 2.84. The van der Waals surface area contributed by atoms with E-state index in [4.69, 9.17) is 5.73 Å². The predicted octanol–water partition coefficient (Wildman–Crippen LogP) is 1.20. The second-order valence-corrected chi connectivity index (χ2v) is 4.99. The molecule has 1 aliphatic heterocycles. The van der Waals surface area contributed by atoms with Crippen LogP contribution in [0.4, 0.5) is 0 Å². The highest BCUT2D eigenvalue weighted by atomic mass is 15.2. The highest BCUT2D eigenvalue weighted by molar-refractivity contribution is 5.16. The lowest BCUT2D eigenvalue weighted by Crippen LogP contribution is -2.56. The van der Waals surface area contributed by atoms with Gasteiger partial charge in [0.05, 0.1) is 0 Å². The van der Waals surface area contributed by atoms with Gasteiger partial charge in [-0.05, 0) is 26.0 Å². The molecule has 0 amide bonds. The molecule has 1 aliphatic rings. The van der Waals surface area contributed by atoms with Crippen molar-refractivity contribution in [2.45, 2.75) is 31.5 Å². The first-order valence-electron chi connectivity index (χ1n) is 6.39. The Hall–Kier alpha value is -0.900. The molecule has 0 aliphatic carbocycles. The van der Waals surface area contributed by atoms with E-state index in [2.05, 4.69) is 47.5 Å². The van der Waals surface area contributed by atoms with Crippen molar-refractivity contribution < 1.29 is 0 Å². The molecule has 1 saturated heterocycles. The predicted molar refractivity (Wildman–Crippen MR) is 71.8 cm³/mol. The SMILES string of the molecule is CNC1(CN)CCN(Cc2ccccc2)C1C. The van der Waals surface area contributed by atoms with Crippen molar-refractivity contribution in [1.29, 1.82) is 0 Å². The molecule has 1 fully saturated rings. The summed E-state index contributed by atoms with van der Waals surface area (Å²) in [6, 6.07) is 11.1. The van der Waals surface area contributed by atoms with E-state index in [1.807, 2.05) is 7.05 Å². The summed E-state index contributed by atoms with van der Waals surface area (Å²) in [5.74, 6) is 0. The second kappa shape index (κ2) is 5.17. The molecule has 2 rings (SSSR count). The molecule has 0 saturated carbocycles. The molecule has 0 radical (unpaired) electrons. The number of likely N-dealkylation sites (tertiary alicyclic amines) is 1. The fraction of sp³-hybridized carbons (Fsp3) is 0.571. The van der Waals surface area contributed by atoms with Crippen LogP contribution in [-0.4, -0.2) is 36.6 Å². The van der Waals surface area contributed by atoms with Crippen LogP contribution in [0.2, 0.25) is 0 Å². The van der Waals surface area contributed by atoms with E-state index >= 15 is 0 Å². The fourth-order valence-corrected chi connectivity index (χ4v) is 2.84. The summed E-state index contributed by atoms with van der Waals surface area (Å²) in [5.41, 5.74) is 7.41. The Morgan fingerprint density at radius 2 is 2.12 bits per heavy atom. The molecule has 3 heteroatoms. The van der Waals surface area contributed by atoms with E-state index < -0.39 is 0 Å². The minimum atomic E-state index is 0.0920. The van der Waals surface area contributed by atoms with Crippen LogP contribution in [0, 0.1) is 0 Å². The summed E-state index contributed by atoms with van der Waals surface area (Å²) in [6.07, 6.45) is 1.13. The van der Waals surface area contributed by atoms with Gasteiger partial charge in [0, 0.05) is 31.2 Å². The zero-order valence-corrected chi connectivity index (χ0v) is 10.8. The van der Waals surface area contributed by atoms with Crippen LogP contribution >= 0.6 is 0 Å². The van der Waals surface area contributed by atoms with E-state index in [1.165, 1.54) is 5.56 Å². The first-order chi connectivity index (χ1) is 8.22.